The highest BCUT2D eigenvalue weighted by Gasteiger charge is 2.19. The summed E-state index contributed by atoms with van der Waals surface area (Å²) in [5, 5.41) is 4.46. The lowest BCUT2D eigenvalue weighted by Gasteiger charge is -2.26. The van der Waals surface area contributed by atoms with E-state index < -0.39 is 0 Å². The Balaban J connectivity index is 2.25. The SMILES string of the molecule is CCN1CCc2c(cnn2C(C)C)C1. The van der Waals surface area contributed by atoms with Gasteiger partial charge in [0.25, 0.3) is 0 Å². The summed E-state index contributed by atoms with van der Waals surface area (Å²) in [5.74, 6) is 0. The van der Waals surface area contributed by atoms with Crippen LogP contribution < -0.4 is 0 Å². The number of hydrogen-bond acceptors (Lipinski definition) is 2. The number of likely N-dealkylation sites (N-methyl/N-ethyl adjacent to an activating group) is 1. The predicted molar refractivity (Wildman–Crippen MR) is 57.3 cm³/mol. The van der Waals surface area contributed by atoms with Crippen LogP contribution in [0, 0.1) is 0 Å². The molecule has 2 heterocycles. The van der Waals surface area contributed by atoms with Crippen molar-refractivity contribution in [1.29, 1.82) is 0 Å². The Bertz CT molecular complexity index is 314. The van der Waals surface area contributed by atoms with Crippen molar-refractivity contribution >= 4 is 0 Å². The van der Waals surface area contributed by atoms with Crippen molar-refractivity contribution in [3.63, 3.8) is 0 Å². The Kier molecular flexibility index (Phi) is 2.59. The average molecular weight is 193 g/mol. The maximum atomic E-state index is 4.46. The minimum Gasteiger partial charge on any atom is -0.299 e. The van der Waals surface area contributed by atoms with Gasteiger partial charge in [-0.1, -0.05) is 6.92 Å². The first-order valence-electron chi connectivity index (χ1n) is 5.50. The quantitative estimate of drug-likeness (QED) is 0.714. The molecule has 1 aromatic rings. The van der Waals surface area contributed by atoms with Crippen LogP contribution in [-0.4, -0.2) is 27.8 Å². The van der Waals surface area contributed by atoms with Crippen molar-refractivity contribution in [3.05, 3.63) is 17.5 Å². The second-order valence-electron chi connectivity index (χ2n) is 4.27. The third kappa shape index (κ3) is 1.57. The maximum Gasteiger partial charge on any atom is 0.0537 e. The van der Waals surface area contributed by atoms with Gasteiger partial charge in [-0.15, -0.1) is 0 Å². The Morgan fingerprint density at radius 1 is 1.50 bits per heavy atom. The molecule has 0 saturated carbocycles. The van der Waals surface area contributed by atoms with Gasteiger partial charge in [-0.25, -0.2) is 0 Å². The van der Waals surface area contributed by atoms with Crippen LogP contribution in [0.3, 0.4) is 0 Å². The summed E-state index contributed by atoms with van der Waals surface area (Å²) in [5.41, 5.74) is 2.87. The van der Waals surface area contributed by atoms with Crippen molar-refractivity contribution in [1.82, 2.24) is 14.7 Å². The standard InChI is InChI=1S/C11H19N3/c1-4-13-6-5-11-10(8-13)7-12-14(11)9(2)3/h7,9H,4-6,8H2,1-3H3. The van der Waals surface area contributed by atoms with Crippen LogP contribution >= 0.6 is 0 Å². The highest BCUT2D eigenvalue weighted by atomic mass is 15.3. The normalized spacial score (nSPS) is 17.4. The predicted octanol–water partition coefficient (Wildman–Crippen LogP) is 1.84. The van der Waals surface area contributed by atoms with E-state index >= 15 is 0 Å². The van der Waals surface area contributed by atoms with Crippen LogP contribution in [0.4, 0.5) is 0 Å². The van der Waals surface area contributed by atoms with E-state index in [1.807, 2.05) is 6.20 Å². The van der Waals surface area contributed by atoms with Crippen molar-refractivity contribution in [2.24, 2.45) is 0 Å². The van der Waals surface area contributed by atoms with Gasteiger partial charge < -0.3 is 0 Å². The molecule has 0 aliphatic carbocycles. The van der Waals surface area contributed by atoms with Crippen molar-refractivity contribution in [3.8, 4) is 0 Å². The van der Waals surface area contributed by atoms with Gasteiger partial charge in [-0.05, 0) is 20.4 Å². The van der Waals surface area contributed by atoms with Gasteiger partial charge in [0.1, 0.15) is 0 Å². The van der Waals surface area contributed by atoms with E-state index in [0.717, 1.165) is 19.5 Å². The van der Waals surface area contributed by atoms with Crippen molar-refractivity contribution < 1.29 is 0 Å². The zero-order valence-electron chi connectivity index (χ0n) is 9.32. The number of aromatic nitrogens is 2. The Morgan fingerprint density at radius 2 is 2.29 bits per heavy atom. The molecule has 0 atom stereocenters. The lowest BCUT2D eigenvalue weighted by Crippen LogP contribution is -2.30. The van der Waals surface area contributed by atoms with E-state index in [9.17, 15) is 0 Å². The first-order chi connectivity index (χ1) is 6.72. The number of rotatable bonds is 2. The minimum atomic E-state index is 0.493. The average Bonchev–Trinajstić information content (AvgIpc) is 2.59. The van der Waals surface area contributed by atoms with Crippen molar-refractivity contribution in [2.45, 2.75) is 39.8 Å². The molecule has 1 aliphatic rings. The molecular weight excluding hydrogens is 174 g/mol. The summed E-state index contributed by atoms with van der Waals surface area (Å²) in [6.45, 7) is 10.0. The molecule has 78 valence electrons. The lowest BCUT2D eigenvalue weighted by atomic mass is 10.1. The second kappa shape index (κ2) is 3.73. The van der Waals surface area contributed by atoms with Crippen LogP contribution in [0.2, 0.25) is 0 Å². The summed E-state index contributed by atoms with van der Waals surface area (Å²) in [6, 6.07) is 0.493. The first-order valence-corrected chi connectivity index (χ1v) is 5.50. The van der Waals surface area contributed by atoms with E-state index in [4.69, 9.17) is 0 Å². The molecule has 0 fully saturated rings. The van der Waals surface area contributed by atoms with Gasteiger partial charge >= 0.3 is 0 Å². The second-order valence-corrected chi connectivity index (χ2v) is 4.27. The zero-order valence-corrected chi connectivity index (χ0v) is 9.32. The Hall–Kier alpha value is -0.830. The molecule has 0 N–H and O–H groups in total. The maximum absolute atomic E-state index is 4.46. The van der Waals surface area contributed by atoms with Gasteiger partial charge in [0, 0.05) is 36.8 Å². The van der Waals surface area contributed by atoms with E-state index in [1.54, 1.807) is 0 Å². The largest absolute Gasteiger partial charge is 0.299 e. The number of fused-ring (bicyclic) bond motifs is 1. The highest BCUT2D eigenvalue weighted by Crippen LogP contribution is 2.20. The third-order valence-electron chi connectivity index (χ3n) is 2.98. The van der Waals surface area contributed by atoms with E-state index in [1.165, 1.54) is 17.8 Å². The van der Waals surface area contributed by atoms with Gasteiger partial charge in [0.05, 0.1) is 6.20 Å². The summed E-state index contributed by atoms with van der Waals surface area (Å²) < 4.78 is 2.17. The molecule has 0 bridgehead atoms. The summed E-state index contributed by atoms with van der Waals surface area (Å²) in [7, 11) is 0. The molecule has 3 heteroatoms. The summed E-state index contributed by atoms with van der Waals surface area (Å²) >= 11 is 0. The topological polar surface area (TPSA) is 21.1 Å². The Morgan fingerprint density at radius 3 is 2.93 bits per heavy atom. The van der Waals surface area contributed by atoms with Crippen LogP contribution in [0.25, 0.3) is 0 Å². The molecule has 0 saturated heterocycles. The van der Waals surface area contributed by atoms with Crippen LogP contribution in [-0.2, 0) is 13.0 Å². The summed E-state index contributed by atoms with van der Waals surface area (Å²) in [6.07, 6.45) is 3.19. The van der Waals surface area contributed by atoms with Crippen molar-refractivity contribution in [2.75, 3.05) is 13.1 Å². The first kappa shape index (κ1) is 9.71. The molecule has 1 aromatic heterocycles. The fraction of sp³-hybridized carbons (Fsp3) is 0.727. The molecule has 0 spiro atoms. The summed E-state index contributed by atoms with van der Waals surface area (Å²) in [4.78, 5) is 2.47. The smallest absolute Gasteiger partial charge is 0.0537 e. The number of hydrogen-bond donors (Lipinski definition) is 0. The van der Waals surface area contributed by atoms with E-state index in [2.05, 4.69) is 35.5 Å². The van der Waals surface area contributed by atoms with E-state index in [0.29, 0.717) is 6.04 Å². The molecule has 2 rings (SSSR count). The van der Waals surface area contributed by atoms with Gasteiger partial charge in [0.15, 0.2) is 0 Å². The van der Waals surface area contributed by atoms with E-state index in [-0.39, 0.29) is 0 Å². The molecular formula is C11H19N3. The van der Waals surface area contributed by atoms with Crippen LogP contribution in [0.1, 0.15) is 38.1 Å². The molecule has 0 radical (unpaired) electrons. The minimum absolute atomic E-state index is 0.493. The zero-order chi connectivity index (χ0) is 10.1. The molecule has 0 unspecified atom stereocenters. The monoisotopic (exact) mass is 193 g/mol. The fourth-order valence-corrected chi connectivity index (χ4v) is 2.13. The number of nitrogens with zero attached hydrogens (tertiary/aromatic N) is 3. The van der Waals surface area contributed by atoms with Crippen LogP contribution in [0.5, 0.6) is 0 Å². The van der Waals surface area contributed by atoms with Crippen LogP contribution in [0.15, 0.2) is 6.20 Å². The molecule has 0 amide bonds. The van der Waals surface area contributed by atoms with Gasteiger partial charge in [-0.2, -0.15) is 5.10 Å². The highest BCUT2D eigenvalue weighted by molar-refractivity contribution is 5.21. The Labute approximate surface area is 85.7 Å². The van der Waals surface area contributed by atoms with Gasteiger partial charge in [-0.3, -0.25) is 9.58 Å². The molecule has 3 nitrogen and oxygen atoms in total. The third-order valence-corrected chi connectivity index (χ3v) is 2.98. The molecule has 0 aromatic carbocycles. The fourth-order valence-electron chi connectivity index (χ4n) is 2.13. The lowest BCUT2D eigenvalue weighted by molar-refractivity contribution is 0.263. The molecule has 14 heavy (non-hydrogen) atoms. The molecule has 1 aliphatic heterocycles. The van der Waals surface area contributed by atoms with Gasteiger partial charge in [0.2, 0.25) is 0 Å².